The quantitative estimate of drug-likeness (QED) is 0.793. The first-order chi connectivity index (χ1) is 5.40. The molecule has 2 heterocycles. The van der Waals surface area contributed by atoms with Crippen LogP contribution < -0.4 is 5.73 Å². The summed E-state index contributed by atoms with van der Waals surface area (Å²) in [7, 11) is 0. The summed E-state index contributed by atoms with van der Waals surface area (Å²) in [5, 5.41) is 0. The summed E-state index contributed by atoms with van der Waals surface area (Å²) in [6.07, 6.45) is 5.55. The molecule has 0 spiro atoms. The number of nitrogens with two attached hydrogens (primary N) is 1. The summed E-state index contributed by atoms with van der Waals surface area (Å²) in [4.78, 5) is 4.00. The second-order valence-corrected chi connectivity index (χ2v) is 2.46. The van der Waals surface area contributed by atoms with Crippen molar-refractivity contribution in [2.45, 2.75) is 6.54 Å². The number of fused-ring (bicyclic) bond motifs is 1. The molecule has 0 aliphatic rings. The average Bonchev–Trinajstić information content (AvgIpc) is 2.50. The molecule has 0 aliphatic carbocycles. The van der Waals surface area contributed by atoms with Crippen LogP contribution in [0.3, 0.4) is 0 Å². The topological polar surface area (TPSA) is 43.3 Å². The van der Waals surface area contributed by atoms with Crippen LogP contribution in [0.15, 0.2) is 30.9 Å². The number of hydrogen-bond donors (Lipinski definition) is 1. The Kier molecular flexibility index (Phi) is 4.77. The van der Waals surface area contributed by atoms with Crippen LogP contribution in [0.2, 0.25) is 0 Å². The van der Waals surface area contributed by atoms with Gasteiger partial charge in [-0.05, 0) is 17.7 Å². The van der Waals surface area contributed by atoms with Crippen LogP contribution in [-0.2, 0) is 6.54 Å². The molecule has 13 heavy (non-hydrogen) atoms. The van der Waals surface area contributed by atoms with E-state index in [1.165, 1.54) is 0 Å². The molecule has 72 valence electrons. The van der Waals surface area contributed by atoms with E-state index >= 15 is 0 Å². The summed E-state index contributed by atoms with van der Waals surface area (Å²) in [5.74, 6) is 0. The fourth-order valence-electron chi connectivity index (χ4n) is 1.09. The highest BCUT2D eigenvalue weighted by molar-refractivity contribution is 5.85. The average molecular weight is 220 g/mol. The Morgan fingerprint density at radius 1 is 1.38 bits per heavy atom. The maximum atomic E-state index is 5.48. The van der Waals surface area contributed by atoms with E-state index in [9.17, 15) is 0 Å². The Hall–Kier alpha value is -0.770. The van der Waals surface area contributed by atoms with Gasteiger partial charge in [-0.15, -0.1) is 24.8 Å². The molecule has 0 amide bonds. The second-order valence-electron chi connectivity index (χ2n) is 2.46. The molecule has 5 heteroatoms. The highest BCUT2D eigenvalue weighted by Gasteiger charge is 1.92. The third kappa shape index (κ3) is 2.34. The molecule has 0 saturated heterocycles. The normalized spacial score (nSPS) is 9.00. The van der Waals surface area contributed by atoms with E-state index in [-0.39, 0.29) is 24.8 Å². The summed E-state index contributed by atoms with van der Waals surface area (Å²) in [5.41, 5.74) is 7.71. The van der Waals surface area contributed by atoms with Gasteiger partial charge in [0.1, 0.15) is 0 Å². The molecular formula is C8H11Cl2N3. The first-order valence-electron chi connectivity index (χ1n) is 3.51. The molecule has 2 N–H and O–H groups in total. The lowest BCUT2D eigenvalue weighted by atomic mass is 10.2. The van der Waals surface area contributed by atoms with Gasteiger partial charge in [0, 0.05) is 12.7 Å². The fraction of sp³-hybridized carbons (Fsp3) is 0.125. The SMILES string of the molecule is Cl.Cl.NCc1ccn2cncc2c1. The van der Waals surface area contributed by atoms with Gasteiger partial charge in [0.2, 0.25) is 0 Å². The molecule has 0 aliphatic heterocycles. The lowest BCUT2D eigenvalue weighted by Crippen LogP contribution is -1.96. The van der Waals surface area contributed by atoms with Crippen molar-refractivity contribution in [3.63, 3.8) is 0 Å². The van der Waals surface area contributed by atoms with Crippen LogP contribution in [0.1, 0.15) is 5.56 Å². The molecule has 2 aromatic rings. The van der Waals surface area contributed by atoms with E-state index in [1.54, 1.807) is 6.33 Å². The molecule has 0 aromatic carbocycles. The zero-order valence-electron chi connectivity index (χ0n) is 6.88. The third-order valence-corrected chi connectivity index (χ3v) is 1.71. The summed E-state index contributed by atoms with van der Waals surface area (Å²) in [6, 6.07) is 4.03. The molecule has 2 aromatic heterocycles. The highest BCUT2D eigenvalue weighted by atomic mass is 35.5. The lowest BCUT2D eigenvalue weighted by molar-refractivity contribution is 1.05. The smallest absolute Gasteiger partial charge is 0.0991 e. The van der Waals surface area contributed by atoms with E-state index in [1.807, 2.05) is 28.9 Å². The fourth-order valence-corrected chi connectivity index (χ4v) is 1.09. The minimum absolute atomic E-state index is 0. The lowest BCUT2D eigenvalue weighted by Gasteiger charge is -1.96. The Balaban J connectivity index is 0.000000720. The first-order valence-corrected chi connectivity index (χ1v) is 3.51. The van der Waals surface area contributed by atoms with E-state index < -0.39 is 0 Å². The van der Waals surface area contributed by atoms with Crippen molar-refractivity contribution in [1.82, 2.24) is 9.38 Å². The van der Waals surface area contributed by atoms with Gasteiger partial charge in [-0.3, -0.25) is 0 Å². The number of halogens is 2. The van der Waals surface area contributed by atoms with Crippen LogP contribution in [0.5, 0.6) is 0 Å². The zero-order valence-corrected chi connectivity index (χ0v) is 8.52. The van der Waals surface area contributed by atoms with Gasteiger partial charge in [-0.1, -0.05) is 0 Å². The Morgan fingerprint density at radius 2 is 2.15 bits per heavy atom. The maximum absolute atomic E-state index is 5.48. The molecule has 0 saturated carbocycles. The van der Waals surface area contributed by atoms with Crippen LogP contribution in [-0.4, -0.2) is 9.38 Å². The first kappa shape index (κ1) is 12.2. The predicted octanol–water partition coefficient (Wildman–Crippen LogP) is 1.64. The Bertz CT molecular complexity index is 372. The van der Waals surface area contributed by atoms with Gasteiger partial charge in [0.15, 0.2) is 0 Å². The monoisotopic (exact) mass is 219 g/mol. The number of aromatic nitrogens is 2. The van der Waals surface area contributed by atoms with E-state index in [2.05, 4.69) is 4.98 Å². The minimum atomic E-state index is 0. The van der Waals surface area contributed by atoms with Gasteiger partial charge >= 0.3 is 0 Å². The molecule has 0 atom stereocenters. The second kappa shape index (κ2) is 5.07. The van der Waals surface area contributed by atoms with E-state index in [0.29, 0.717) is 6.54 Å². The minimum Gasteiger partial charge on any atom is -0.326 e. The zero-order chi connectivity index (χ0) is 7.68. The predicted molar refractivity (Wildman–Crippen MR) is 57.6 cm³/mol. The molecule has 0 unspecified atom stereocenters. The summed E-state index contributed by atoms with van der Waals surface area (Å²) in [6.45, 7) is 0.585. The van der Waals surface area contributed by atoms with Crippen molar-refractivity contribution in [2.75, 3.05) is 0 Å². The molecule has 0 fully saturated rings. The standard InChI is InChI=1S/C8H9N3.2ClH/c9-4-7-1-2-11-6-10-5-8(11)3-7;;/h1-3,5-6H,4,9H2;2*1H. The third-order valence-electron chi connectivity index (χ3n) is 1.71. The van der Waals surface area contributed by atoms with Crippen LogP contribution >= 0.6 is 24.8 Å². The Morgan fingerprint density at radius 3 is 2.85 bits per heavy atom. The number of hydrogen-bond acceptors (Lipinski definition) is 2. The van der Waals surface area contributed by atoms with Crippen LogP contribution in [0.4, 0.5) is 0 Å². The summed E-state index contributed by atoms with van der Waals surface area (Å²) < 4.78 is 1.96. The highest BCUT2D eigenvalue weighted by Crippen LogP contribution is 2.04. The largest absolute Gasteiger partial charge is 0.326 e. The van der Waals surface area contributed by atoms with Gasteiger partial charge < -0.3 is 10.1 Å². The summed E-state index contributed by atoms with van der Waals surface area (Å²) >= 11 is 0. The van der Waals surface area contributed by atoms with Crippen molar-refractivity contribution in [1.29, 1.82) is 0 Å². The van der Waals surface area contributed by atoms with E-state index in [4.69, 9.17) is 5.73 Å². The van der Waals surface area contributed by atoms with Crippen LogP contribution in [0, 0.1) is 0 Å². The van der Waals surface area contributed by atoms with Crippen molar-refractivity contribution in [3.05, 3.63) is 36.4 Å². The molecule has 3 nitrogen and oxygen atoms in total. The molecular weight excluding hydrogens is 209 g/mol. The van der Waals surface area contributed by atoms with Crippen LogP contribution in [0.25, 0.3) is 5.52 Å². The number of imidazole rings is 1. The van der Waals surface area contributed by atoms with Gasteiger partial charge in [0.25, 0.3) is 0 Å². The molecule has 2 rings (SSSR count). The van der Waals surface area contributed by atoms with E-state index in [0.717, 1.165) is 11.1 Å². The van der Waals surface area contributed by atoms with Gasteiger partial charge in [-0.25, -0.2) is 4.98 Å². The van der Waals surface area contributed by atoms with Crippen molar-refractivity contribution >= 4 is 30.3 Å². The van der Waals surface area contributed by atoms with Gasteiger partial charge in [0.05, 0.1) is 18.0 Å². The van der Waals surface area contributed by atoms with Crippen molar-refractivity contribution in [2.24, 2.45) is 5.73 Å². The molecule has 0 radical (unpaired) electrons. The number of nitrogens with zero attached hydrogens (tertiary/aromatic N) is 2. The van der Waals surface area contributed by atoms with Crippen molar-refractivity contribution < 1.29 is 0 Å². The molecule has 0 bridgehead atoms. The number of pyridine rings is 1. The Labute approximate surface area is 88.8 Å². The van der Waals surface area contributed by atoms with Crippen molar-refractivity contribution in [3.8, 4) is 0 Å². The van der Waals surface area contributed by atoms with Gasteiger partial charge in [-0.2, -0.15) is 0 Å². The number of rotatable bonds is 1. The maximum Gasteiger partial charge on any atom is 0.0991 e.